The van der Waals surface area contributed by atoms with Gasteiger partial charge in [-0.15, -0.1) is 0 Å². The Hall–Kier alpha value is -1.80. The molecule has 0 unspecified atom stereocenters. The predicted molar refractivity (Wildman–Crippen MR) is 122 cm³/mol. The van der Waals surface area contributed by atoms with Crippen molar-refractivity contribution in [1.82, 2.24) is 5.32 Å². The number of amides is 1. The van der Waals surface area contributed by atoms with Gasteiger partial charge in [-0.1, -0.05) is 41.4 Å². The molecular formula is C21H26Cl2N2O4S. The largest absolute Gasteiger partial charge is 0.379 e. The molecular weight excluding hydrogens is 447 g/mol. The van der Waals surface area contributed by atoms with Crippen LogP contribution in [0.4, 0.5) is 5.69 Å². The van der Waals surface area contributed by atoms with Crippen molar-refractivity contribution in [3.8, 4) is 0 Å². The van der Waals surface area contributed by atoms with Gasteiger partial charge in [0.05, 0.1) is 34.6 Å². The zero-order valence-corrected chi connectivity index (χ0v) is 19.5. The number of hydrogen-bond acceptors (Lipinski definition) is 4. The number of nitrogens with zero attached hydrogens (tertiary/aromatic N) is 1. The molecule has 0 radical (unpaired) electrons. The summed E-state index contributed by atoms with van der Waals surface area (Å²) in [6.07, 6.45) is 2.00. The minimum Gasteiger partial charge on any atom is -0.379 e. The Morgan fingerprint density at radius 2 is 1.80 bits per heavy atom. The van der Waals surface area contributed by atoms with Gasteiger partial charge in [-0.2, -0.15) is 0 Å². The summed E-state index contributed by atoms with van der Waals surface area (Å²) in [4.78, 5) is 12.2. The number of halogens is 2. The first-order chi connectivity index (χ1) is 14.1. The van der Waals surface area contributed by atoms with Gasteiger partial charge in [-0.25, -0.2) is 8.42 Å². The van der Waals surface area contributed by atoms with Crippen LogP contribution in [0.1, 0.15) is 36.2 Å². The second-order valence-corrected chi connectivity index (χ2v) is 9.76. The monoisotopic (exact) mass is 472 g/mol. The van der Waals surface area contributed by atoms with Crippen molar-refractivity contribution >= 4 is 44.8 Å². The highest BCUT2D eigenvalue weighted by atomic mass is 35.5. The van der Waals surface area contributed by atoms with Crippen molar-refractivity contribution in [2.24, 2.45) is 0 Å². The van der Waals surface area contributed by atoms with Gasteiger partial charge < -0.3 is 10.1 Å². The Morgan fingerprint density at radius 3 is 2.40 bits per heavy atom. The Morgan fingerprint density at radius 1 is 1.13 bits per heavy atom. The zero-order chi connectivity index (χ0) is 22.3. The molecule has 0 aliphatic heterocycles. The molecule has 1 N–H and O–H groups in total. The van der Waals surface area contributed by atoms with Gasteiger partial charge in [-0.05, 0) is 50.1 Å². The van der Waals surface area contributed by atoms with Crippen LogP contribution in [0.5, 0.6) is 0 Å². The maximum atomic E-state index is 12.3. The van der Waals surface area contributed by atoms with Crippen LogP contribution in [0.25, 0.3) is 0 Å². The highest BCUT2D eigenvalue weighted by Crippen LogP contribution is 2.34. The SMILES string of the molecule is CC(C)OCCCNC(=O)c1ccc(CN(c2cccc(Cl)c2Cl)S(C)(=O)=O)cc1. The first-order valence-electron chi connectivity index (χ1n) is 9.50. The third-order valence-corrected chi connectivity index (χ3v) is 6.14. The normalized spacial score (nSPS) is 11.5. The molecule has 0 aliphatic rings. The van der Waals surface area contributed by atoms with Crippen molar-refractivity contribution in [3.05, 3.63) is 63.6 Å². The van der Waals surface area contributed by atoms with Crippen LogP contribution in [0.15, 0.2) is 42.5 Å². The lowest BCUT2D eigenvalue weighted by atomic mass is 10.1. The minimum absolute atomic E-state index is 0.0628. The molecule has 2 aromatic carbocycles. The van der Waals surface area contributed by atoms with Crippen LogP contribution >= 0.6 is 23.2 Å². The van der Waals surface area contributed by atoms with Crippen LogP contribution in [0.3, 0.4) is 0 Å². The van der Waals surface area contributed by atoms with E-state index in [1.54, 1.807) is 42.5 Å². The second kappa shape index (κ2) is 11.0. The van der Waals surface area contributed by atoms with Gasteiger partial charge in [0, 0.05) is 18.7 Å². The standard InChI is InChI=1S/C21H26Cl2N2O4S/c1-15(2)29-13-5-12-24-21(26)17-10-8-16(9-11-17)14-25(30(3,27)28)19-7-4-6-18(22)20(19)23/h4,6-11,15H,5,12-14H2,1-3H3,(H,24,26). The Bertz CT molecular complexity index is 963. The molecule has 0 heterocycles. The molecule has 0 saturated heterocycles. The number of hydrogen-bond donors (Lipinski definition) is 1. The second-order valence-electron chi connectivity index (χ2n) is 7.07. The quantitative estimate of drug-likeness (QED) is 0.516. The van der Waals surface area contributed by atoms with Crippen molar-refractivity contribution < 1.29 is 17.9 Å². The summed E-state index contributed by atoms with van der Waals surface area (Å²) < 4.78 is 31.3. The number of carbonyl (C=O) groups excluding carboxylic acids is 1. The Labute approximate surface area is 188 Å². The molecule has 0 spiro atoms. The smallest absolute Gasteiger partial charge is 0.251 e. The summed E-state index contributed by atoms with van der Waals surface area (Å²) in [7, 11) is -3.61. The van der Waals surface area contributed by atoms with Gasteiger partial charge >= 0.3 is 0 Å². The van der Waals surface area contributed by atoms with Gasteiger partial charge in [0.25, 0.3) is 5.91 Å². The topological polar surface area (TPSA) is 75.7 Å². The fourth-order valence-corrected chi connectivity index (χ4v) is 4.03. The van der Waals surface area contributed by atoms with Crippen molar-refractivity contribution in [2.75, 3.05) is 23.7 Å². The lowest BCUT2D eigenvalue weighted by molar-refractivity contribution is 0.0757. The van der Waals surface area contributed by atoms with Gasteiger partial charge in [0.15, 0.2) is 0 Å². The van der Waals surface area contributed by atoms with E-state index in [1.807, 2.05) is 13.8 Å². The van der Waals surface area contributed by atoms with E-state index in [4.69, 9.17) is 27.9 Å². The van der Waals surface area contributed by atoms with Gasteiger partial charge in [0.1, 0.15) is 0 Å². The maximum absolute atomic E-state index is 12.3. The van der Waals surface area contributed by atoms with Crippen LogP contribution < -0.4 is 9.62 Å². The van der Waals surface area contributed by atoms with E-state index in [0.29, 0.717) is 30.0 Å². The molecule has 0 aliphatic carbocycles. The Kier molecular flexibility index (Phi) is 8.97. The van der Waals surface area contributed by atoms with E-state index in [0.717, 1.165) is 12.7 Å². The Balaban J connectivity index is 2.05. The summed E-state index contributed by atoms with van der Waals surface area (Å²) >= 11 is 12.3. The van der Waals surface area contributed by atoms with Gasteiger partial charge in [-0.3, -0.25) is 9.10 Å². The van der Waals surface area contributed by atoms with Crippen LogP contribution in [0, 0.1) is 0 Å². The molecule has 164 valence electrons. The predicted octanol–water partition coefficient (Wildman–Crippen LogP) is 4.50. The summed E-state index contributed by atoms with van der Waals surface area (Å²) in [6, 6.07) is 11.6. The van der Waals surface area contributed by atoms with Crippen LogP contribution in [-0.4, -0.2) is 39.8 Å². The van der Waals surface area contributed by atoms with Crippen molar-refractivity contribution in [2.45, 2.75) is 32.9 Å². The van der Waals surface area contributed by atoms with E-state index in [-0.39, 0.29) is 28.6 Å². The minimum atomic E-state index is -3.61. The highest BCUT2D eigenvalue weighted by molar-refractivity contribution is 7.92. The molecule has 0 fully saturated rings. The average molecular weight is 473 g/mol. The highest BCUT2D eigenvalue weighted by Gasteiger charge is 2.21. The summed E-state index contributed by atoms with van der Waals surface area (Å²) in [5.74, 6) is -0.191. The lowest BCUT2D eigenvalue weighted by Crippen LogP contribution is -2.29. The lowest BCUT2D eigenvalue weighted by Gasteiger charge is -2.24. The summed E-state index contributed by atoms with van der Waals surface area (Å²) in [5, 5.41) is 3.28. The number of carbonyl (C=O) groups is 1. The first-order valence-corrected chi connectivity index (χ1v) is 12.1. The van der Waals surface area contributed by atoms with Crippen molar-refractivity contribution in [3.63, 3.8) is 0 Å². The molecule has 6 nitrogen and oxygen atoms in total. The molecule has 9 heteroatoms. The van der Waals surface area contributed by atoms with Gasteiger partial charge in [0.2, 0.25) is 10.0 Å². The molecule has 1 amide bonds. The number of ether oxygens (including phenoxy) is 1. The zero-order valence-electron chi connectivity index (χ0n) is 17.2. The number of benzene rings is 2. The molecule has 0 aromatic heterocycles. The molecule has 0 atom stereocenters. The average Bonchev–Trinajstić information content (AvgIpc) is 2.67. The molecule has 0 saturated carbocycles. The summed E-state index contributed by atoms with van der Waals surface area (Å²) in [6.45, 7) is 5.09. The third kappa shape index (κ3) is 7.16. The van der Waals surface area contributed by atoms with E-state index in [2.05, 4.69) is 5.32 Å². The third-order valence-electron chi connectivity index (χ3n) is 4.20. The molecule has 30 heavy (non-hydrogen) atoms. The molecule has 2 rings (SSSR count). The number of sulfonamides is 1. The van der Waals surface area contributed by atoms with E-state index < -0.39 is 10.0 Å². The van der Waals surface area contributed by atoms with E-state index in [1.165, 1.54) is 4.31 Å². The van der Waals surface area contributed by atoms with Crippen LogP contribution in [0.2, 0.25) is 10.0 Å². The number of nitrogens with one attached hydrogen (secondary N) is 1. The van der Waals surface area contributed by atoms with E-state index >= 15 is 0 Å². The fraction of sp³-hybridized carbons (Fsp3) is 0.381. The number of anilines is 1. The van der Waals surface area contributed by atoms with E-state index in [9.17, 15) is 13.2 Å². The first kappa shape index (κ1) is 24.5. The van der Waals surface area contributed by atoms with Crippen LogP contribution in [-0.2, 0) is 21.3 Å². The molecule has 0 bridgehead atoms. The summed E-state index contributed by atoms with van der Waals surface area (Å²) in [5.41, 5.74) is 1.51. The number of rotatable bonds is 10. The fourth-order valence-electron chi connectivity index (χ4n) is 2.69. The maximum Gasteiger partial charge on any atom is 0.251 e. The molecule has 2 aromatic rings. The van der Waals surface area contributed by atoms with Crippen molar-refractivity contribution in [1.29, 1.82) is 0 Å².